The van der Waals surface area contributed by atoms with Crippen molar-refractivity contribution in [3.63, 3.8) is 0 Å². The number of nitrogens with zero attached hydrogens (tertiary/aromatic N) is 1. The molecule has 1 aromatic rings. The first-order valence-corrected chi connectivity index (χ1v) is 8.34. The molecule has 0 bridgehead atoms. The van der Waals surface area contributed by atoms with Crippen molar-refractivity contribution in [2.45, 2.75) is 24.0 Å². The van der Waals surface area contributed by atoms with Gasteiger partial charge in [-0.1, -0.05) is 17.7 Å². The molecule has 0 aromatic heterocycles. The molecule has 0 radical (unpaired) electrons. The van der Waals surface area contributed by atoms with Crippen molar-refractivity contribution in [2.75, 3.05) is 39.4 Å². The fraction of sp³-hybridized carbons (Fsp3) is 0.562. The fourth-order valence-electron chi connectivity index (χ4n) is 2.18. The lowest BCUT2D eigenvalue weighted by atomic mass is 10.2. The molecule has 0 spiro atoms. The summed E-state index contributed by atoms with van der Waals surface area (Å²) in [5.74, 6) is 0.105. The Kier molecular flexibility index (Phi) is 6.54. The van der Waals surface area contributed by atoms with Crippen LogP contribution in [-0.2, 0) is 9.53 Å². The van der Waals surface area contributed by atoms with Gasteiger partial charge in [-0.3, -0.25) is 9.69 Å². The van der Waals surface area contributed by atoms with Crippen LogP contribution in [0.5, 0.6) is 0 Å². The number of rotatable bonds is 6. The summed E-state index contributed by atoms with van der Waals surface area (Å²) in [5.41, 5.74) is 1.24. The van der Waals surface area contributed by atoms with Crippen LogP contribution in [0.15, 0.2) is 29.2 Å². The van der Waals surface area contributed by atoms with Crippen molar-refractivity contribution in [3.05, 3.63) is 29.8 Å². The number of benzene rings is 1. The van der Waals surface area contributed by atoms with Gasteiger partial charge in [-0.15, -0.1) is 11.8 Å². The number of hydrogen-bond donors (Lipinski definition) is 1. The van der Waals surface area contributed by atoms with Crippen molar-refractivity contribution < 1.29 is 9.53 Å². The minimum absolute atomic E-state index is 0.0719. The molecule has 1 amide bonds. The molecule has 1 aromatic carbocycles. The zero-order valence-corrected chi connectivity index (χ0v) is 13.6. The third kappa shape index (κ3) is 5.69. The maximum atomic E-state index is 12.1. The third-order valence-corrected chi connectivity index (χ3v) is 4.65. The van der Waals surface area contributed by atoms with Crippen LogP contribution >= 0.6 is 11.8 Å². The summed E-state index contributed by atoms with van der Waals surface area (Å²) >= 11 is 1.60. The van der Waals surface area contributed by atoms with Crippen molar-refractivity contribution in [3.8, 4) is 0 Å². The Morgan fingerprint density at radius 3 is 2.67 bits per heavy atom. The lowest BCUT2D eigenvalue weighted by Crippen LogP contribution is -2.42. The Morgan fingerprint density at radius 2 is 2.00 bits per heavy atom. The quantitative estimate of drug-likeness (QED) is 0.815. The number of thioether (sulfide) groups is 1. The number of carbonyl (C=O) groups is 1. The van der Waals surface area contributed by atoms with Gasteiger partial charge in [0.2, 0.25) is 5.91 Å². The van der Waals surface area contributed by atoms with Crippen LogP contribution in [0.2, 0.25) is 0 Å². The van der Waals surface area contributed by atoms with Gasteiger partial charge in [0.25, 0.3) is 0 Å². The van der Waals surface area contributed by atoms with E-state index in [2.05, 4.69) is 41.4 Å². The summed E-state index contributed by atoms with van der Waals surface area (Å²) < 4.78 is 5.31. The second-order valence-electron chi connectivity index (χ2n) is 5.32. The Balaban J connectivity index is 1.68. The van der Waals surface area contributed by atoms with E-state index in [1.165, 1.54) is 5.56 Å². The number of aryl methyl sites for hydroxylation is 1. The van der Waals surface area contributed by atoms with E-state index in [9.17, 15) is 4.79 Å². The molecule has 1 saturated heterocycles. The lowest BCUT2D eigenvalue weighted by molar-refractivity contribution is -0.120. The number of carbonyl (C=O) groups excluding carboxylic acids is 1. The minimum atomic E-state index is -0.0719. The monoisotopic (exact) mass is 308 g/mol. The summed E-state index contributed by atoms with van der Waals surface area (Å²) in [4.78, 5) is 15.5. The van der Waals surface area contributed by atoms with Gasteiger partial charge >= 0.3 is 0 Å². The fourth-order valence-corrected chi connectivity index (χ4v) is 3.07. The van der Waals surface area contributed by atoms with Crippen molar-refractivity contribution in [1.82, 2.24) is 10.2 Å². The van der Waals surface area contributed by atoms with Gasteiger partial charge < -0.3 is 10.1 Å². The standard InChI is InChI=1S/C16H24N2O2S/c1-13-3-5-15(6-4-13)21-14(2)16(19)17-7-8-18-9-11-20-12-10-18/h3-6,14H,7-12H2,1-2H3,(H,17,19)/t14-/m1/s1. The maximum absolute atomic E-state index is 12.1. The molecule has 1 N–H and O–H groups in total. The molecule has 116 valence electrons. The highest BCUT2D eigenvalue weighted by atomic mass is 32.2. The van der Waals surface area contributed by atoms with Gasteiger partial charge in [0.15, 0.2) is 0 Å². The first-order chi connectivity index (χ1) is 10.1. The Bertz CT molecular complexity index is 444. The second kappa shape index (κ2) is 8.41. The SMILES string of the molecule is Cc1ccc(S[C@H](C)C(=O)NCCN2CCOCC2)cc1. The lowest BCUT2D eigenvalue weighted by Gasteiger charge is -2.26. The summed E-state index contributed by atoms with van der Waals surface area (Å²) in [6, 6.07) is 8.28. The van der Waals surface area contributed by atoms with Gasteiger partial charge in [-0.2, -0.15) is 0 Å². The first kappa shape index (κ1) is 16.3. The second-order valence-corrected chi connectivity index (χ2v) is 6.73. The molecule has 21 heavy (non-hydrogen) atoms. The molecule has 1 heterocycles. The van der Waals surface area contributed by atoms with Gasteiger partial charge in [0.05, 0.1) is 18.5 Å². The Labute approximate surface area is 131 Å². The number of nitrogens with one attached hydrogen (secondary N) is 1. The average Bonchev–Trinajstić information content (AvgIpc) is 2.50. The highest BCUT2D eigenvalue weighted by molar-refractivity contribution is 8.00. The van der Waals surface area contributed by atoms with Crippen LogP contribution in [0, 0.1) is 6.92 Å². The topological polar surface area (TPSA) is 41.6 Å². The third-order valence-electron chi connectivity index (χ3n) is 3.53. The van der Waals surface area contributed by atoms with Crippen molar-refractivity contribution >= 4 is 17.7 Å². The van der Waals surface area contributed by atoms with E-state index >= 15 is 0 Å². The van der Waals surface area contributed by atoms with Gasteiger partial charge in [0, 0.05) is 31.1 Å². The molecule has 0 aliphatic carbocycles. The van der Waals surface area contributed by atoms with Gasteiger partial charge in [0.1, 0.15) is 0 Å². The zero-order valence-electron chi connectivity index (χ0n) is 12.8. The van der Waals surface area contributed by atoms with Crippen LogP contribution < -0.4 is 5.32 Å². The molecule has 1 aliphatic rings. The maximum Gasteiger partial charge on any atom is 0.233 e. The Hall–Kier alpha value is -1.04. The molecule has 1 aliphatic heterocycles. The number of amides is 1. The minimum Gasteiger partial charge on any atom is -0.379 e. The smallest absolute Gasteiger partial charge is 0.233 e. The molecular weight excluding hydrogens is 284 g/mol. The molecule has 4 nitrogen and oxygen atoms in total. The molecule has 1 atom stereocenters. The van der Waals surface area contributed by atoms with Crippen LogP contribution in [-0.4, -0.2) is 55.4 Å². The van der Waals surface area contributed by atoms with Crippen LogP contribution in [0.4, 0.5) is 0 Å². The summed E-state index contributed by atoms with van der Waals surface area (Å²) in [6.07, 6.45) is 0. The van der Waals surface area contributed by atoms with Crippen LogP contribution in [0.25, 0.3) is 0 Å². The van der Waals surface area contributed by atoms with Gasteiger partial charge in [-0.05, 0) is 26.0 Å². The molecule has 0 unspecified atom stereocenters. The first-order valence-electron chi connectivity index (χ1n) is 7.46. The molecule has 0 saturated carbocycles. The van der Waals surface area contributed by atoms with Crippen molar-refractivity contribution in [1.29, 1.82) is 0 Å². The highest BCUT2D eigenvalue weighted by Crippen LogP contribution is 2.23. The van der Waals surface area contributed by atoms with E-state index in [-0.39, 0.29) is 11.2 Å². The van der Waals surface area contributed by atoms with Crippen molar-refractivity contribution in [2.24, 2.45) is 0 Å². The van der Waals surface area contributed by atoms with E-state index in [0.29, 0.717) is 6.54 Å². The Morgan fingerprint density at radius 1 is 1.33 bits per heavy atom. The predicted molar refractivity (Wildman–Crippen MR) is 86.8 cm³/mol. The zero-order chi connectivity index (χ0) is 15.1. The number of morpholine rings is 1. The molecule has 2 rings (SSSR count). The number of hydrogen-bond acceptors (Lipinski definition) is 4. The predicted octanol–water partition coefficient (Wildman–Crippen LogP) is 1.92. The number of ether oxygens (including phenoxy) is 1. The van der Waals surface area contributed by atoms with E-state index in [4.69, 9.17) is 4.74 Å². The summed E-state index contributed by atoms with van der Waals surface area (Å²) in [6.45, 7) is 9.15. The summed E-state index contributed by atoms with van der Waals surface area (Å²) in [5, 5.41) is 2.95. The van der Waals surface area contributed by atoms with Crippen LogP contribution in [0.1, 0.15) is 12.5 Å². The van der Waals surface area contributed by atoms with E-state index in [1.807, 2.05) is 6.92 Å². The van der Waals surface area contributed by atoms with E-state index < -0.39 is 0 Å². The largest absolute Gasteiger partial charge is 0.379 e. The van der Waals surface area contributed by atoms with Gasteiger partial charge in [-0.25, -0.2) is 0 Å². The van der Waals surface area contributed by atoms with E-state index in [1.54, 1.807) is 11.8 Å². The summed E-state index contributed by atoms with van der Waals surface area (Å²) in [7, 11) is 0. The molecule has 5 heteroatoms. The van der Waals surface area contributed by atoms with E-state index in [0.717, 1.165) is 37.7 Å². The van der Waals surface area contributed by atoms with Crippen LogP contribution in [0.3, 0.4) is 0 Å². The highest BCUT2D eigenvalue weighted by Gasteiger charge is 2.15. The molecule has 1 fully saturated rings. The average molecular weight is 308 g/mol. The molecular formula is C16H24N2O2S. The normalized spacial score (nSPS) is 17.4.